The van der Waals surface area contributed by atoms with Crippen LogP contribution in [0.2, 0.25) is 0 Å². The summed E-state index contributed by atoms with van der Waals surface area (Å²) in [6.45, 7) is 11.4. The van der Waals surface area contributed by atoms with Crippen LogP contribution in [0.4, 0.5) is 0 Å². The van der Waals surface area contributed by atoms with Crippen molar-refractivity contribution in [2.45, 2.75) is 58.4 Å². The third-order valence-electron chi connectivity index (χ3n) is 5.06. The number of hydrogen-bond donors (Lipinski definition) is 1. The van der Waals surface area contributed by atoms with Crippen LogP contribution in [0.25, 0.3) is 0 Å². The molecule has 2 unspecified atom stereocenters. The molecule has 0 spiro atoms. The van der Waals surface area contributed by atoms with Gasteiger partial charge in [-0.15, -0.1) is 0 Å². The number of nitrogens with zero attached hydrogens (tertiary/aromatic N) is 2. The van der Waals surface area contributed by atoms with Crippen molar-refractivity contribution in [1.29, 1.82) is 5.26 Å². The summed E-state index contributed by atoms with van der Waals surface area (Å²) in [5.41, 5.74) is 0.258. The van der Waals surface area contributed by atoms with E-state index in [2.05, 4.69) is 37.1 Å². The first-order chi connectivity index (χ1) is 9.01. The van der Waals surface area contributed by atoms with Crippen molar-refractivity contribution >= 4 is 0 Å². The van der Waals surface area contributed by atoms with E-state index in [1.807, 2.05) is 0 Å². The second kappa shape index (κ2) is 5.81. The highest BCUT2D eigenvalue weighted by Crippen LogP contribution is 2.38. The minimum Gasteiger partial charge on any atom is -0.303 e. The van der Waals surface area contributed by atoms with Crippen LogP contribution in [0.1, 0.15) is 52.9 Å². The fourth-order valence-corrected chi connectivity index (χ4v) is 3.96. The van der Waals surface area contributed by atoms with Gasteiger partial charge in [0.15, 0.2) is 0 Å². The molecule has 1 saturated heterocycles. The fourth-order valence-electron chi connectivity index (χ4n) is 3.96. The van der Waals surface area contributed by atoms with Gasteiger partial charge in [0.05, 0.1) is 6.07 Å². The zero-order chi connectivity index (χ0) is 13.9. The van der Waals surface area contributed by atoms with Crippen molar-refractivity contribution in [3.05, 3.63) is 0 Å². The van der Waals surface area contributed by atoms with Gasteiger partial charge >= 0.3 is 0 Å². The Balaban J connectivity index is 1.87. The van der Waals surface area contributed by atoms with E-state index >= 15 is 0 Å². The van der Waals surface area contributed by atoms with E-state index in [-0.39, 0.29) is 5.54 Å². The van der Waals surface area contributed by atoms with E-state index in [9.17, 15) is 5.26 Å². The normalized spacial score (nSPS) is 34.5. The van der Waals surface area contributed by atoms with E-state index in [1.165, 1.54) is 45.3 Å². The van der Waals surface area contributed by atoms with Gasteiger partial charge in [0, 0.05) is 6.54 Å². The maximum Gasteiger partial charge on any atom is 0.109 e. The van der Waals surface area contributed by atoms with Crippen LogP contribution in [0.5, 0.6) is 0 Å². The standard InChI is InChI=1S/C16H29N3/c1-4-18-16(12-17)8-5-6-14(16)7-10-19-11-9-15(2,3)13-19/h14,18H,4-11,13H2,1-3H3. The Morgan fingerprint density at radius 3 is 2.74 bits per heavy atom. The first kappa shape index (κ1) is 14.8. The van der Waals surface area contributed by atoms with Gasteiger partial charge in [-0.05, 0) is 56.7 Å². The monoisotopic (exact) mass is 263 g/mol. The van der Waals surface area contributed by atoms with Gasteiger partial charge in [0.25, 0.3) is 0 Å². The topological polar surface area (TPSA) is 39.1 Å². The smallest absolute Gasteiger partial charge is 0.109 e. The molecule has 108 valence electrons. The van der Waals surface area contributed by atoms with Crippen molar-refractivity contribution in [3.8, 4) is 6.07 Å². The molecule has 1 saturated carbocycles. The van der Waals surface area contributed by atoms with Gasteiger partial charge in [0.2, 0.25) is 0 Å². The fraction of sp³-hybridized carbons (Fsp3) is 0.938. The van der Waals surface area contributed by atoms with Crippen LogP contribution >= 0.6 is 0 Å². The second-order valence-electron chi connectivity index (χ2n) is 7.18. The van der Waals surface area contributed by atoms with Crippen LogP contribution < -0.4 is 5.32 Å². The van der Waals surface area contributed by atoms with Gasteiger partial charge in [-0.2, -0.15) is 5.26 Å². The highest BCUT2D eigenvalue weighted by atomic mass is 15.2. The summed E-state index contributed by atoms with van der Waals surface area (Å²) < 4.78 is 0. The summed E-state index contributed by atoms with van der Waals surface area (Å²) in [4.78, 5) is 2.59. The molecule has 0 bridgehead atoms. The zero-order valence-corrected chi connectivity index (χ0v) is 12.8. The first-order valence-corrected chi connectivity index (χ1v) is 7.90. The summed E-state index contributed by atoms with van der Waals surface area (Å²) in [5.74, 6) is 0.543. The van der Waals surface area contributed by atoms with Crippen molar-refractivity contribution < 1.29 is 0 Å². The molecule has 1 aliphatic carbocycles. The van der Waals surface area contributed by atoms with Crippen LogP contribution in [0.15, 0.2) is 0 Å². The summed E-state index contributed by atoms with van der Waals surface area (Å²) in [7, 11) is 0. The Kier molecular flexibility index (Phi) is 4.53. The summed E-state index contributed by atoms with van der Waals surface area (Å²) in [6.07, 6.45) is 5.95. The Morgan fingerprint density at radius 1 is 1.37 bits per heavy atom. The molecule has 2 atom stereocenters. The van der Waals surface area contributed by atoms with Crippen LogP contribution in [-0.4, -0.2) is 36.6 Å². The van der Waals surface area contributed by atoms with Crippen LogP contribution in [-0.2, 0) is 0 Å². The molecule has 3 heteroatoms. The van der Waals surface area contributed by atoms with E-state index in [1.54, 1.807) is 0 Å². The predicted octanol–water partition coefficient (Wildman–Crippen LogP) is 2.78. The lowest BCUT2D eigenvalue weighted by atomic mass is 9.85. The van der Waals surface area contributed by atoms with Crippen molar-refractivity contribution in [2.24, 2.45) is 11.3 Å². The predicted molar refractivity (Wildman–Crippen MR) is 78.8 cm³/mol. The van der Waals surface area contributed by atoms with Gasteiger partial charge in [0.1, 0.15) is 5.54 Å². The molecule has 2 rings (SSSR count). The molecule has 2 fully saturated rings. The van der Waals surface area contributed by atoms with Gasteiger partial charge in [-0.1, -0.05) is 27.2 Å². The van der Waals surface area contributed by atoms with Crippen molar-refractivity contribution in [3.63, 3.8) is 0 Å². The molecule has 0 radical (unpaired) electrons. The van der Waals surface area contributed by atoms with E-state index < -0.39 is 0 Å². The molecule has 2 aliphatic rings. The Bertz CT molecular complexity index is 344. The molecule has 1 aliphatic heterocycles. The second-order valence-corrected chi connectivity index (χ2v) is 7.18. The quantitative estimate of drug-likeness (QED) is 0.829. The molecule has 1 heterocycles. The van der Waals surface area contributed by atoms with Crippen LogP contribution in [0, 0.1) is 22.7 Å². The lowest BCUT2D eigenvalue weighted by Crippen LogP contribution is -2.47. The first-order valence-electron chi connectivity index (χ1n) is 7.90. The Hall–Kier alpha value is -0.590. The Morgan fingerprint density at radius 2 is 2.16 bits per heavy atom. The largest absolute Gasteiger partial charge is 0.303 e. The lowest BCUT2D eigenvalue weighted by molar-refractivity contribution is 0.237. The number of nitriles is 1. The highest BCUT2D eigenvalue weighted by Gasteiger charge is 2.42. The Labute approximate surface area is 118 Å². The minimum absolute atomic E-state index is 0.232. The van der Waals surface area contributed by atoms with E-state index in [0.717, 1.165) is 13.0 Å². The van der Waals surface area contributed by atoms with Crippen LogP contribution in [0.3, 0.4) is 0 Å². The minimum atomic E-state index is -0.232. The average molecular weight is 263 g/mol. The summed E-state index contributed by atoms with van der Waals surface area (Å²) >= 11 is 0. The van der Waals surface area contributed by atoms with Gasteiger partial charge in [-0.3, -0.25) is 5.32 Å². The molecule has 0 aromatic heterocycles. The number of likely N-dealkylation sites (tertiary alicyclic amines) is 1. The molecule has 19 heavy (non-hydrogen) atoms. The van der Waals surface area contributed by atoms with Crippen molar-refractivity contribution in [2.75, 3.05) is 26.2 Å². The molecule has 1 N–H and O–H groups in total. The maximum absolute atomic E-state index is 9.57. The van der Waals surface area contributed by atoms with E-state index in [4.69, 9.17) is 0 Å². The molecule has 0 amide bonds. The lowest BCUT2D eigenvalue weighted by Gasteiger charge is -2.31. The number of nitrogens with one attached hydrogen (secondary N) is 1. The summed E-state index contributed by atoms with van der Waals surface area (Å²) in [6, 6.07) is 2.59. The molecule has 3 nitrogen and oxygen atoms in total. The third-order valence-corrected chi connectivity index (χ3v) is 5.06. The molecule has 0 aromatic rings. The molecule has 0 aromatic carbocycles. The molecular weight excluding hydrogens is 234 g/mol. The van der Waals surface area contributed by atoms with Gasteiger partial charge < -0.3 is 4.90 Å². The summed E-state index contributed by atoms with van der Waals surface area (Å²) in [5, 5.41) is 13.0. The zero-order valence-electron chi connectivity index (χ0n) is 12.8. The number of hydrogen-bond acceptors (Lipinski definition) is 3. The third kappa shape index (κ3) is 3.30. The van der Waals surface area contributed by atoms with E-state index in [0.29, 0.717) is 11.3 Å². The number of rotatable bonds is 5. The SMILES string of the molecule is CCNC1(C#N)CCCC1CCN1CCC(C)(C)C1. The average Bonchev–Trinajstić information content (AvgIpc) is 2.91. The van der Waals surface area contributed by atoms with Crippen molar-refractivity contribution in [1.82, 2.24) is 10.2 Å². The highest BCUT2D eigenvalue weighted by molar-refractivity contribution is 5.14. The van der Waals surface area contributed by atoms with Gasteiger partial charge in [-0.25, -0.2) is 0 Å². The maximum atomic E-state index is 9.57. The molecular formula is C16H29N3.